The lowest BCUT2D eigenvalue weighted by molar-refractivity contribution is -0.136. The molecule has 0 aliphatic heterocycles. The summed E-state index contributed by atoms with van der Waals surface area (Å²) in [5.41, 5.74) is 6.96. The number of Topliss-reactive ketones (excluding diaryl/α,β-unsaturated/α-hetero) is 1. The Kier molecular flexibility index (Phi) is 5.22. The molecule has 0 bridgehead atoms. The van der Waals surface area contributed by atoms with Crippen LogP contribution in [0.5, 0.6) is 0 Å². The van der Waals surface area contributed by atoms with Crippen LogP contribution in [0.1, 0.15) is 22.8 Å². The molecule has 7 nitrogen and oxygen atoms in total. The van der Waals surface area contributed by atoms with Crippen LogP contribution in [0.25, 0.3) is 0 Å². The highest BCUT2D eigenvalue weighted by molar-refractivity contribution is 5.95. The molecule has 1 aromatic carbocycles. The maximum Gasteiger partial charge on any atom is 0.323 e. The van der Waals surface area contributed by atoms with Crippen molar-refractivity contribution in [2.45, 2.75) is 13.5 Å². The van der Waals surface area contributed by atoms with Crippen molar-refractivity contribution in [2.24, 2.45) is 5.73 Å². The van der Waals surface area contributed by atoms with Crippen LogP contribution in [0.15, 0.2) is 18.2 Å². The summed E-state index contributed by atoms with van der Waals surface area (Å²) in [6, 6.07) is 4.59. The van der Waals surface area contributed by atoms with E-state index in [4.69, 9.17) is 15.9 Å². The third-order valence-electron chi connectivity index (χ3n) is 2.70. The lowest BCUT2D eigenvalue weighted by Gasteiger charge is -2.23. The zero-order valence-corrected chi connectivity index (χ0v) is 11.0. The molecular weight excluding hydrogens is 264 g/mol. The van der Waals surface area contributed by atoms with E-state index < -0.39 is 25.0 Å². The number of carboxylic acid groups (broad SMARTS) is 2. The van der Waals surface area contributed by atoms with Crippen LogP contribution in [-0.2, 0) is 16.1 Å². The summed E-state index contributed by atoms with van der Waals surface area (Å²) in [7, 11) is 0. The molecule has 4 N–H and O–H groups in total. The van der Waals surface area contributed by atoms with Crippen molar-refractivity contribution < 1.29 is 24.6 Å². The van der Waals surface area contributed by atoms with E-state index >= 15 is 0 Å². The van der Waals surface area contributed by atoms with Gasteiger partial charge in [-0.15, -0.1) is 0 Å². The Morgan fingerprint density at radius 1 is 1.15 bits per heavy atom. The molecule has 0 heterocycles. The Balaban J connectivity index is 3.20. The van der Waals surface area contributed by atoms with Gasteiger partial charge in [-0.1, -0.05) is 0 Å². The molecule has 0 aliphatic carbocycles. The number of benzene rings is 1. The maximum atomic E-state index is 11.3. The largest absolute Gasteiger partial charge is 0.480 e. The number of aliphatic carboxylic acids is 2. The van der Waals surface area contributed by atoms with Crippen LogP contribution >= 0.6 is 0 Å². The van der Waals surface area contributed by atoms with Crippen molar-refractivity contribution >= 4 is 23.4 Å². The van der Waals surface area contributed by atoms with Gasteiger partial charge in [-0.3, -0.25) is 14.4 Å². The van der Waals surface area contributed by atoms with Gasteiger partial charge in [-0.05, 0) is 30.7 Å². The fourth-order valence-electron chi connectivity index (χ4n) is 1.83. The smallest absolute Gasteiger partial charge is 0.323 e. The van der Waals surface area contributed by atoms with Crippen LogP contribution in [-0.4, -0.2) is 41.0 Å². The number of ketones is 1. The standard InChI is InChI=1S/C13H16N2O5/c1-8(16)9-2-3-11(10(4-9)5-14)15(6-12(17)18)7-13(19)20/h2-4H,5-7,14H2,1H3,(H,17,18)(H,19,20). The Labute approximate surface area is 115 Å². The fourth-order valence-corrected chi connectivity index (χ4v) is 1.83. The van der Waals surface area contributed by atoms with Crippen LogP contribution in [0.3, 0.4) is 0 Å². The van der Waals surface area contributed by atoms with Crippen molar-refractivity contribution in [3.05, 3.63) is 29.3 Å². The number of carbonyl (C=O) groups excluding carboxylic acids is 1. The molecule has 0 aliphatic rings. The molecule has 0 saturated carbocycles. The summed E-state index contributed by atoms with van der Waals surface area (Å²) in [5, 5.41) is 17.7. The third-order valence-corrected chi connectivity index (χ3v) is 2.70. The molecule has 108 valence electrons. The molecule has 7 heteroatoms. The summed E-state index contributed by atoms with van der Waals surface area (Å²) in [4.78, 5) is 34.1. The number of nitrogens with zero attached hydrogens (tertiary/aromatic N) is 1. The van der Waals surface area contributed by atoms with E-state index in [2.05, 4.69) is 0 Å². The van der Waals surface area contributed by atoms with E-state index in [1.54, 1.807) is 6.07 Å². The Morgan fingerprint density at radius 3 is 2.10 bits per heavy atom. The monoisotopic (exact) mass is 280 g/mol. The molecule has 0 unspecified atom stereocenters. The van der Waals surface area contributed by atoms with Gasteiger partial charge in [0.25, 0.3) is 0 Å². The zero-order chi connectivity index (χ0) is 15.3. The first-order valence-corrected chi connectivity index (χ1v) is 5.87. The zero-order valence-electron chi connectivity index (χ0n) is 11.0. The number of nitrogens with two attached hydrogens (primary N) is 1. The van der Waals surface area contributed by atoms with Crippen molar-refractivity contribution in [3.8, 4) is 0 Å². The second-order valence-corrected chi connectivity index (χ2v) is 4.25. The summed E-state index contributed by atoms with van der Waals surface area (Å²) in [6.07, 6.45) is 0. The van der Waals surface area contributed by atoms with Crippen LogP contribution in [0.4, 0.5) is 5.69 Å². The number of hydrogen-bond acceptors (Lipinski definition) is 5. The topological polar surface area (TPSA) is 121 Å². The van der Waals surface area contributed by atoms with Gasteiger partial charge in [-0.25, -0.2) is 0 Å². The summed E-state index contributed by atoms with van der Waals surface area (Å²) >= 11 is 0. The van der Waals surface area contributed by atoms with Gasteiger partial charge in [0.1, 0.15) is 13.1 Å². The van der Waals surface area contributed by atoms with Crippen molar-refractivity contribution in [2.75, 3.05) is 18.0 Å². The average molecular weight is 280 g/mol. The molecule has 1 rings (SSSR count). The van der Waals surface area contributed by atoms with Gasteiger partial charge in [0.2, 0.25) is 0 Å². The minimum atomic E-state index is -1.15. The molecular formula is C13H16N2O5. The average Bonchev–Trinajstić information content (AvgIpc) is 2.35. The molecule has 0 aromatic heterocycles. The predicted octanol–water partition coefficient (Wildman–Crippen LogP) is 0.324. The first-order valence-electron chi connectivity index (χ1n) is 5.87. The van der Waals surface area contributed by atoms with Gasteiger partial charge in [0.15, 0.2) is 5.78 Å². The Hall–Kier alpha value is -2.41. The van der Waals surface area contributed by atoms with E-state index in [0.29, 0.717) is 16.8 Å². The molecule has 0 saturated heterocycles. The predicted molar refractivity (Wildman–Crippen MR) is 71.8 cm³/mol. The van der Waals surface area contributed by atoms with E-state index in [-0.39, 0.29) is 12.3 Å². The Bertz CT molecular complexity index is 526. The summed E-state index contributed by atoms with van der Waals surface area (Å²) < 4.78 is 0. The second-order valence-electron chi connectivity index (χ2n) is 4.25. The second kappa shape index (κ2) is 6.67. The van der Waals surface area contributed by atoms with Crippen LogP contribution < -0.4 is 10.6 Å². The minimum Gasteiger partial charge on any atom is -0.480 e. The minimum absolute atomic E-state index is 0.0756. The van der Waals surface area contributed by atoms with Crippen LogP contribution in [0, 0.1) is 0 Å². The third kappa shape index (κ3) is 4.06. The van der Waals surface area contributed by atoms with Crippen molar-refractivity contribution in [1.82, 2.24) is 0 Å². The molecule has 0 amide bonds. The Morgan fingerprint density at radius 2 is 1.70 bits per heavy atom. The first-order chi connectivity index (χ1) is 9.35. The SMILES string of the molecule is CC(=O)c1ccc(N(CC(=O)O)CC(=O)O)c(CN)c1. The number of rotatable bonds is 7. The van der Waals surface area contributed by atoms with E-state index in [1.165, 1.54) is 24.0 Å². The lowest BCUT2D eigenvalue weighted by atomic mass is 10.0. The van der Waals surface area contributed by atoms with E-state index in [9.17, 15) is 14.4 Å². The number of hydrogen-bond donors (Lipinski definition) is 3. The normalized spacial score (nSPS) is 10.1. The van der Waals surface area contributed by atoms with Crippen molar-refractivity contribution in [1.29, 1.82) is 0 Å². The lowest BCUT2D eigenvalue weighted by Crippen LogP contribution is -2.35. The van der Waals surface area contributed by atoms with E-state index in [0.717, 1.165) is 0 Å². The van der Waals surface area contributed by atoms with Gasteiger partial charge < -0.3 is 20.8 Å². The molecule has 1 aromatic rings. The van der Waals surface area contributed by atoms with Gasteiger partial charge in [0.05, 0.1) is 0 Å². The molecule has 0 fully saturated rings. The fraction of sp³-hybridized carbons (Fsp3) is 0.308. The van der Waals surface area contributed by atoms with Gasteiger partial charge in [-0.2, -0.15) is 0 Å². The van der Waals surface area contributed by atoms with Crippen molar-refractivity contribution in [3.63, 3.8) is 0 Å². The maximum absolute atomic E-state index is 11.3. The highest BCUT2D eigenvalue weighted by atomic mass is 16.4. The van der Waals surface area contributed by atoms with E-state index in [1.807, 2.05) is 0 Å². The number of carboxylic acids is 2. The summed E-state index contributed by atoms with van der Waals surface area (Å²) in [6.45, 7) is 0.561. The molecule has 0 atom stereocenters. The molecule has 20 heavy (non-hydrogen) atoms. The van der Waals surface area contributed by atoms with Crippen LogP contribution in [0.2, 0.25) is 0 Å². The van der Waals surface area contributed by atoms with Gasteiger partial charge in [0, 0.05) is 17.8 Å². The molecule has 0 radical (unpaired) electrons. The molecule has 0 spiro atoms. The number of anilines is 1. The highest BCUT2D eigenvalue weighted by Crippen LogP contribution is 2.22. The number of carbonyl (C=O) groups is 3. The quantitative estimate of drug-likeness (QED) is 0.615. The van der Waals surface area contributed by atoms with Gasteiger partial charge >= 0.3 is 11.9 Å². The highest BCUT2D eigenvalue weighted by Gasteiger charge is 2.17. The first kappa shape index (κ1) is 15.6. The summed E-state index contributed by atoms with van der Waals surface area (Å²) in [5.74, 6) is -2.44.